The van der Waals surface area contributed by atoms with Gasteiger partial charge < -0.3 is 9.47 Å². The Morgan fingerprint density at radius 2 is 1.27 bits per heavy atom. The molecule has 0 aromatic carbocycles. The molecule has 0 heterocycles. The van der Waals surface area contributed by atoms with Gasteiger partial charge in [-0.05, 0) is 12.8 Å². The summed E-state index contributed by atoms with van der Waals surface area (Å²) < 4.78 is 10.2. The minimum atomic E-state index is 0.130. The van der Waals surface area contributed by atoms with Crippen LogP contribution in [0.3, 0.4) is 0 Å². The Bertz CT molecular complexity index is 173. The van der Waals surface area contributed by atoms with Gasteiger partial charge in [0.2, 0.25) is 0 Å². The van der Waals surface area contributed by atoms with Crippen molar-refractivity contribution in [2.75, 3.05) is 13.2 Å². The van der Waals surface area contributed by atoms with E-state index in [0.717, 1.165) is 25.7 Å². The van der Waals surface area contributed by atoms with E-state index in [1.807, 2.05) is 0 Å². The molecule has 0 aromatic heterocycles. The van der Waals surface area contributed by atoms with Crippen molar-refractivity contribution >= 4 is 11.8 Å². The lowest BCUT2D eigenvalue weighted by Crippen LogP contribution is -2.13. The molecular weight excluding hydrogens is 192 g/mol. The Morgan fingerprint density at radius 3 is 1.60 bits per heavy atom. The van der Waals surface area contributed by atoms with Gasteiger partial charge in [0.15, 0.2) is 11.8 Å². The van der Waals surface area contributed by atoms with Crippen molar-refractivity contribution in [3.05, 3.63) is 0 Å². The quantitative estimate of drug-likeness (QED) is 0.370. The summed E-state index contributed by atoms with van der Waals surface area (Å²) in [4.78, 5) is 0. The van der Waals surface area contributed by atoms with Crippen LogP contribution in [0.4, 0.5) is 0 Å². The Balaban J connectivity index is 3.45. The van der Waals surface area contributed by atoms with Crippen molar-refractivity contribution in [3.63, 3.8) is 0 Å². The normalized spacial score (nSPS) is 9.73. The molecule has 0 fully saturated rings. The Hall–Kier alpha value is -1.06. The maximum absolute atomic E-state index is 7.43. The van der Waals surface area contributed by atoms with E-state index in [2.05, 4.69) is 13.8 Å². The first kappa shape index (κ1) is 13.9. The summed E-state index contributed by atoms with van der Waals surface area (Å²) in [6.45, 7) is 5.28. The second-order valence-electron chi connectivity index (χ2n) is 3.43. The van der Waals surface area contributed by atoms with Crippen molar-refractivity contribution < 1.29 is 9.47 Å². The smallest absolute Gasteiger partial charge is 0.189 e. The second-order valence-corrected chi connectivity index (χ2v) is 3.43. The van der Waals surface area contributed by atoms with Crippen molar-refractivity contribution in [2.24, 2.45) is 0 Å². The second kappa shape index (κ2) is 9.49. The van der Waals surface area contributed by atoms with Crippen LogP contribution in [-0.4, -0.2) is 25.0 Å². The first-order chi connectivity index (χ1) is 7.20. The summed E-state index contributed by atoms with van der Waals surface area (Å²) in [6, 6.07) is 0. The maximum Gasteiger partial charge on any atom is 0.189 e. The summed E-state index contributed by atoms with van der Waals surface area (Å²) in [5.74, 6) is 0.259. The van der Waals surface area contributed by atoms with Crippen molar-refractivity contribution in [3.8, 4) is 0 Å². The van der Waals surface area contributed by atoms with E-state index in [0.29, 0.717) is 13.2 Å². The predicted octanol–water partition coefficient (Wildman–Crippen LogP) is 2.96. The fourth-order valence-corrected chi connectivity index (χ4v) is 0.927. The molecule has 0 amide bonds. The van der Waals surface area contributed by atoms with Gasteiger partial charge in [0.25, 0.3) is 0 Å². The van der Waals surface area contributed by atoms with E-state index in [1.54, 1.807) is 0 Å². The van der Waals surface area contributed by atoms with Gasteiger partial charge in [-0.25, -0.2) is 0 Å². The average Bonchev–Trinajstić information content (AvgIpc) is 2.18. The maximum atomic E-state index is 7.43. The largest absolute Gasteiger partial charge is 0.481 e. The fraction of sp³-hybridized carbons (Fsp3) is 0.818. The van der Waals surface area contributed by atoms with Crippen LogP contribution in [0.15, 0.2) is 0 Å². The molecule has 0 unspecified atom stereocenters. The number of unbranched alkanes of at least 4 members (excludes halogenated alkanes) is 2. The van der Waals surface area contributed by atoms with Crippen molar-refractivity contribution in [1.29, 1.82) is 10.8 Å². The van der Waals surface area contributed by atoms with Crippen LogP contribution in [0.25, 0.3) is 0 Å². The molecular formula is C11H22N2O2. The van der Waals surface area contributed by atoms with Crippen LogP contribution in [0.2, 0.25) is 0 Å². The topological polar surface area (TPSA) is 66.2 Å². The molecule has 88 valence electrons. The molecule has 0 saturated heterocycles. The number of hydrogen-bond donors (Lipinski definition) is 2. The van der Waals surface area contributed by atoms with E-state index in [9.17, 15) is 0 Å². The van der Waals surface area contributed by atoms with Crippen molar-refractivity contribution in [2.45, 2.75) is 46.0 Å². The number of nitrogens with one attached hydrogen (secondary N) is 2. The third kappa shape index (κ3) is 9.25. The minimum absolute atomic E-state index is 0.130. The average molecular weight is 214 g/mol. The van der Waals surface area contributed by atoms with Crippen molar-refractivity contribution in [1.82, 2.24) is 0 Å². The zero-order valence-electron chi connectivity index (χ0n) is 9.77. The van der Waals surface area contributed by atoms with Gasteiger partial charge in [0.05, 0.1) is 19.6 Å². The summed E-state index contributed by atoms with van der Waals surface area (Å²) in [7, 11) is 0. The van der Waals surface area contributed by atoms with E-state index in [1.165, 1.54) is 0 Å². The molecule has 0 rings (SSSR count). The lowest BCUT2D eigenvalue weighted by atomic mass is 10.3. The number of rotatable bonds is 8. The molecule has 0 spiro atoms. The Labute approximate surface area is 92.0 Å². The SMILES string of the molecule is CCCCOC(=N)CC(=N)OCCCC. The van der Waals surface area contributed by atoms with Crippen LogP contribution in [0.1, 0.15) is 46.0 Å². The van der Waals surface area contributed by atoms with Gasteiger partial charge in [-0.1, -0.05) is 26.7 Å². The highest BCUT2D eigenvalue weighted by Crippen LogP contribution is 1.96. The molecule has 0 aliphatic rings. The molecule has 0 radical (unpaired) electrons. The first-order valence-electron chi connectivity index (χ1n) is 5.61. The highest BCUT2D eigenvalue weighted by molar-refractivity contribution is 5.93. The van der Waals surface area contributed by atoms with Crippen LogP contribution in [0.5, 0.6) is 0 Å². The van der Waals surface area contributed by atoms with Crippen LogP contribution in [0, 0.1) is 10.8 Å². The van der Waals surface area contributed by atoms with Gasteiger partial charge in [-0.3, -0.25) is 10.8 Å². The molecule has 0 saturated carbocycles. The van der Waals surface area contributed by atoms with Gasteiger partial charge in [0.1, 0.15) is 0 Å². The Morgan fingerprint density at radius 1 is 0.867 bits per heavy atom. The van der Waals surface area contributed by atoms with E-state index >= 15 is 0 Å². The molecule has 15 heavy (non-hydrogen) atoms. The standard InChI is InChI=1S/C11H22N2O2/c1-3-5-7-14-10(12)9-11(13)15-8-6-4-2/h12-13H,3-9H2,1-2H3. The molecule has 4 nitrogen and oxygen atoms in total. The highest BCUT2D eigenvalue weighted by Gasteiger charge is 2.04. The molecule has 0 aromatic rings. The van der Waals surface area contributed by atoms with E-state index in [4.69, 9.17) is 20.3 Å². The molecule has 0 aliphatic heterocycles. The number of ether oxygens (including phenoxy) is 2. The monoisotopic (exact) mass is 214 g/mol. The predicted molar refractivity (Wildman–Crippen MR) is 61.8 cm³/mol. The van der Waals surface area contributed by atoms with Crippen LogP contribution < -0.4 is 0 Å². The molecule has 0 bridgehead atoms. The lowest BCUT2D eigenvalue weighted by Gasteiger charge is -2.08. The zero-order valence-corrected chi connectivity index (χ0v) is 9.77. The van der Waals surface area contributed by atoms with E-state index in [-0.39, 0.29) is 18.2 Å². The van der Waals surface area contributed by atoms with Gasteiger partial charge in [-0.15, -0.1) is 0 Å². The summed E-state index contributed by atoms with van der Waals surface area (Å²) in [5.41, 5.74) is 0. The first-order valence-corrected chi connectivity index (χ1v) is 5.61. The van der Waals surface area contributed by atoms with Gasteiger partial charge >= 0.3 is 0 Å². The fourth-order valence-electron chi connectivity index (χ4n) is 0.927. The molecule has 2 N–H and O–H groups in total. The van der Waals surface area contributed by atoms with E-state index < -0.39 is 0 Å². The minimum Gasteiger partial charge on any atom is -0.481 e. The summed E-state index contributed by atoms with van der Waals surface area (Å²) in [6.07, 6.45) is 4.18. The summed E-state index contributed by atoms with van der Waals surface area (Å²) in [5, 5.41) is 14.9. The summed E-state index contributed by atoms with van der Waals surface area (Å²) >= 11 is 0. The van der Waals surface area contributed by atoms with Gasteiger partial charge in [0, 0.05) is 0 Å². The third-order valence-corrected chi connectivity index (χ3v) is 1.87. The van der Waals surface area contributed by atoms with Gasteiger partial charge in [-0.2, -0.15) is 0 Å². The zero-order chi connectivity index (χ0) is 11.5. The Kier molecular flexibility index (Phi) is 8.82. The third-order valence-electron chi connectivity index (χ3n) is 1.87. The molecule has 4 heteroatoms. The highest BCUT2D eigenvalue weighted by atomic mass is 16.5. The van der Waals surface area contributed by atoms with Crippen LogP contribution in [-0.2, 0) is 9.47 Å². The lowest BCUT2D eigenvalue weighted by molar-refractivity contribution is 0.271. The molecule has 0 aliphatic carbocycles. The number of hydrogen-bond acceptors (Lipinski definition) is 4. The van der Waals surface area contributed by atoms with Crippen LogP contribution >= 0.6 is 0 Å². The molecule has 0 atom stereocenters.